The molecule has 2 aromatic rings. The predicted octanol–water partition coefficient (Wildman–Crippen LogP) is 3.77. The van der Waals surface area contributed by atoms with Crippen LogP contribution in [0.25, 0.3) is 0 Å². The molecule has 98 valence electrons. The third kappa shape index (κ3) is 3.25. The van der Waals surface area contributed by atoms with E-state index in [4.69, 9.17) is 0 Å². The quantitative estimate of drug-likeness (QED) is 0.780. The molecule has 2 rings (SSSR count). The highest BCUT2D eigenvalue weighted by Crippen LogP contribution is 2.16. The highest BCUT2D eigenvalue weighted by atomic mass is 19.1. The monoisotopic (exact) mass is 257 g/mol. The number of rotatable bonds is 4. The molecule has 0 aliphatic carbocycles. The largest absolute Gasteiger partial charge is 0.292 e. The van der Waals surface area contributed by atoms with Gasteiger partial charge < -0.3 is 0 Å². The molecular formula is C16H16FNO. The molecule has 3 heteroatoms. The van der Waals surface area contributed by atoms with Gasteiger partial charge in [0.15, 0.2) is 11.6 Å². The lowest BCUT2D eigenvalue weighted by atomic mass is 9.99. The normalized spacial score (nSPS) is 10.7. The van der Waals surface area contributed by atoms with Crippen LogP contribution in [0.2, 0.25) is 0 Å². The van der Waals surface area contributed by atoms with Crippen LogP contribution in [0.5, 0.6) is 0 Å². The fraction of sp³-hybridized carbons (Fsp3) is 0.250. The van der Waals surface area contributed by atoms with Crippen LogP contribution in [0.1, 0.15) is 41.4 Å². The Morgan fingerprint density at radius 1 is 1.21 bits per heavy atom. The standard InChI is InChI=1S/C16H16FNO/c1-11(2)13-7-5-12(6-8-13)10-15(19)16-14(17)4-3-9-18-16/h3-9,11H,10H2,1-2H3. The SMILES string of the molecule is CC(C)c1ccc(CC(=O)c2ncccc2F)cc1. The molecule has 1 aromatic heterocycles. The lowest BCUT2D eigenvalue weighted by Gasteiger charge is -2.06. The number of carbonyl (C=O) groups is 1. The Balaban J connectivity index is 2.13. The molecule has 0 aliphatic heterocycles. The summed E-state index contributed by atoms with van der Waals surface area (Å²) in [6, 6.07) is 10.6. The zero-order chi connectivity index (χ0) is 13.8. The highest BCUT2D eigenvalue weighted by Gasteiger charge is 2.13. The number of nitrogens with zero attached hydrogens (tertiary/aromatic N) is 1. The molecule has 0 atom stereocenters. The first-order valence-electron chi connectivity index (χ1n) is 6.30. The van der Waals surface area contributed by atoms with E-state index in [1.807, 2.05) is 24.3 Å². The third-order valence-corrected chi connectivity index (χ3v) is 3.03. The Kier molecular flexibility index (Phi) is 4.05. The Morgan fingerprint density at radius 2 is 1.89 bits per heavy atom. The van der Waals surface area contributed by atoms with E-state index in [-0.39, 0.29) is 17.9 Å². The van der Waals surface area contributed by atoms with E-state index in [0.29, 0.717) is 5.92 Å². The van der Waals surface area contributed by atoms with Crippen LogP contribution in [-0.4, -0.2) is 10.8 Å². The molecule has 0 radical (unpaired) electrons. The first kappa shape index (κ1) is 13.4. The number of hydrogen-bond acceptors (Lipinski definition) is 2. The first-order chi connectivity index (χ1) is 9.08. The van der Waals surface area contributed by atoms with Gasteiger partial charge in [-0.25, -0.2) is 4.39 Å². The average Bonchev–Trinajstić information content (AvgIpc) is 2.39. The van der Waals surface area contributed by atoms with Gasteiger partial charge in [0.25, 0.3) is 0 Å². The van der Waals surface area contributed by atoms with Crippen molar-refractivity contribution in [1.29, 1.82) is 0 Å². The maximum absolute atomic E-state index is 13.4. The minimum atomic E-state index is -0.564. The van der Waals surface area contributed by atoms with Crippen molar-refractivity contribution in [3.8, 4) is 0 Å². The molecule has 0 N–H and O–H groups in total. The maximum Gasteiger partial charge on any atom is 0.188 e. The van der Waals surface area contributed by atoms with Crippen molar-refractivity contribution in [2.45, 2.75) is 26.2 Å². The van der Waals surface area contributed by atoms with Gasteiger partial charge in [0.2, 0.25) is 0 Å². The molecule has 1 heterocycles. The molecule has 0 saturated carbocycles. The Hall–Kier alpha value is -2.03. The number of aromatic nitrogens is 1. The molecule has 0 aliphatic rings. The number of Topliss-reactive ketones (excluding diaryl/α,β-unsaturated/α-hetero) is 1. The summed E-state index contributed by atoms with van der Waals surface area (Å²) in [5.41, 5.74) is 2.01. The Morgan fingerprint density at radius 3 is 2.47 bits per heavy atom. The summed E-state index contributed by atoms with van der Waals surface area (Å²) >= 11 is 0. The van der Waals surface area contributed by atoms with E-state index < -0.39 is 5.82 Å². The van der Waals surface area contributed by atoms with Gasteiger partial charge in [-0.05, 0) is 29.2 Å². The van der Waals surface area contributed by atoms with Crippen LogP contribution in [0.15, 0.2) is 42.6 Å². The number of hydrogen-bond donors (Lipinski definition) is 0. The number of benzene rings is 1. The van der Waals surface area contributed by atoms with E-state index in [9.17, 15) is 9.18 Å². The van der Waals surface area contributed by atoms with Gasteiger partial charge >= 0.3 is 0 Å². The van der Waals surface area contributed by atoms with E-state index in [1.165, 1.54) is 23.9 Å². The molecule has 0 bridgehead atoms. The second-order valence-electron chi connectivity index (χ2n) is 4.83. The smallest absolute Gasteiger partial charge is 0.188 e. The molecule has 19 heavy (non-hydrogen) atoms. The van der Waals surface area contributed by atoms with Crippen molar-refractivity contribution in [2.75, 3.05) is 0 Å². The molecule has 0 saturated heterocycles. The fourth-order valence-electron chi connectivity index (χ4n) is 1.88. The Labute approximate surface area is 112 Å². The molecule has 2 nitrogen and oxygen atoms in total. The lowest BCUT2D eigenvalue weighted by molar-refractivity contribution is 0.0984. The van der Waals surface area contributed by atoms with Crippen LogP contribution >= 0.6 is 0 Å². The zero-order valence-corrected chi connectivity index (χ0v) is 11.1. The van der Waals surface area contributed by atoms with Gasteiger partial charge in [0.05, 0.1) is 0 Å². The number of pyridine rings is 1. The van der Waals surface area contributed by atoms with E-state index in [2.05, 4.69) is 18.8 Å². The summed E-state index contributed by atoms with van der Waals surface area (Å²) in [5, 5.41) is 0. The van der Waals surface area contributed by atoms with Crippen molar-refractivity contribution in [3.63, 3.8) is 0 Å². The number of carbonyl (C=O) groups excluding carboxylic acids is 1. The minimum absolute atomic E-state index is 0.0876. The van der Waals surface area contributed by atoms with Gasteiger partial charge in [-0.1, -0.05) is 38.1 Å². The van der Waals surface area contributed by atoms with E-state index in [1.54, 1.807) is 0 Å². The van der Waals surface area contributed by atoms with Crippen molar-refractivity contribution in [3.05, 3.63) is 65.2 Å². The summed E-state index contributed by atoms with van der Waals surface area (Å²) in [6.45, 7) is 4.23. The van der Waals surface area contributed by atoms with Crippen molar-refractivity contribution >= 4 is 5.78 Å². The van der Waals surface area contributed by atoms with E-state index in [0.717, 1.165) is 5.56 Å². The summed E-state index contributed by atoms with van der Waals surface area (Å²) in [7, 11) is 0. The molecule has 0 unspecified atom stereocenters. The fourth-order valence-corrected chi connectivity index (χ4v) is 1.88. The first-order valence-corrected chi connectivity index (χ1v) is 6.30. The highest BCUT2D eigenvalue weighted by molar-refractivity contribution is 5.95. The second kappa shape index (κ2) is 5.74. The van der Waals surface area contributed by atoms with Gasteiger partial charge in [-0.2, -0.15) is 0 Å². The minimum Gasteiger partial charge on any atom is -0.292 e. The van der Waals surface area contributed by atoms with Crippen molar-refractivity contribution in [2.24, 2.45) is 0 Å². The average molecular weight is 257 g/mol. The number of ketones is 1. The van der Waals surface area contributed by atoms with Crippen LogP contribution in [0.3, 0.4) is 0 Å². The molecule has 0 fully saturated rings. The van der Waals surface area contributed by atoms with Gasteiger partial charge in [-0.15, -0.1) is 0 Å². The predicted molar refractivity (Wildman–Crippen MR) is 72.8 cm³/mol. The molecular weight excluding hydrogens is 241 g/mol. The van der Waals surface area contributed by atoms with Gasteiger partial charge in [-0.3, -0.25) is 9.78 Å². The van der Waals surface area contributed by atoms with Crippen LogP contribution in [0.4, 0.5) is 4.39 Å². The zero-order valence-electron chi connectivity index (χ0n) is 11.1. The maximum atomic E-state index is 13.4. The van der Waals surface area contributed by atoms with Gasteiger partial charge in [0.1, 0.15) is 5.69 Å². The van der Waals surface area contributed by atoms with Crippen molar-refractivity contribution in [1.82, 2.24) is 4.98 Å². The topological polar surface area (TPSA) is 30.0 Å². The summed E-state index contributed by atoms with van der Waals surface area (Å²) in [4.78, 5) is 15.7. The molecule has 1 aromatic carbocycles. The third-order valence-electron chi connectivity index (χ3n) is 3.03. The second-order valence-corrected chi connectivity index (χ2v) is 4.83. The lowest BCUT2D eigenvalue weighted by Crippen LogP contribution is -2.08. The van der Waals surface area contributed by atoms with E-state index >= 15 is 0 Å². The Bertz CT molecular complexity index is 576. The summed E-state index contributed by atoms with van der Waals surface area (Å²) in [5.74, 6) is -0.403. The summed E-state index contributed by atoms with van der Waals surface area (Å²) < 4.78 is 13.4. The number of halogens is 1. The van der Waals surface area contributed by atoms with Crippen molar-refractivity contribution < 1.29 is 9.18 Å². The molecule has 0 spiro atoms. The summed E-state index contributed by atoms with van der Waals surface area (Å²) in [6.07, 6.45) is 1.60. The van der Waals surface area contributed by atoms with Crippen LogP contribution in [-0.2, 0) is 6.42 Å². The van der Waals surface area contributed by atoms with Crippen LogP contribution in [0, 0.1) is 5.82 Å². The molecule has 0 amide bonds. The van der Waals surface area contributed by atoms with Crippen LogP contribution < -0.4 is 0 Å². The van der Waals surface area contributed by atoms with Gasteiger partial charge in [0, 0.05) is 12.6 Å².